The van der Waals surface area contributed by atoms with Crippen molar-refractivity contribution in [3.8, 4) is 0 Å². The highest BCUT2D eigenvalue weighted by Gasteiger charge is 2.28. The van der Waals surface area contributed by atoms with Gasteiger partial charge in [-0.2, -0.15) is 9.40 Å². The molecule has 8 nitrogen and oxygen atoms in total. The maximum atomic E-state index is 12.4. The minimum Gasteiger partial charge on any atom is -0.465 e. The molecule has 0 fully saturated rings. The van der Waals surface area contributed by atoms with E-state index in [2.05, 4.69) is 19.9 Å². The number of carbonyl (C=O) groups is 1. The van der Waals surface area contributed by atoms with Crippen molar-refractivity contribution in [1.29, 1.82) is 0 Å². The van der Waals surface area contributed by atoms with E-state index >= 15 is 0 Å². The van der Waals surface area contributed by atoms with Gasteiger partial charge in [-0.25, -0.2) is 18.2 Å². The molecular formula is C10H12N4O4S2. The molecule has 0 saturated heterocycles. The Morgan fingerprint density at radius 2 is 2.30 bits per heavy atom. The van der Waals surface area contributed by atoms with Gasteiger partial charge in [-0.3, -0.25) is 5.10 Å². The van der Waals surface area contributed by atoms with Crippen LogP contribution in [0.4, 0.5) is 0 Å². The summed E-state index contributed by atoms with van der Waals surface area (Å²) in [4.78, 5) is 15.4. The molecule has 0 atom stereocenters. The molecule has 108 valence electrons. The topological polar surface area (TPSA) is 105 Å². The third kappa shape index (κ3) is 2.71. The van der Waals surface area contributed by atoms with E-state index in [9.17, 15) is 13.2 Å². The van der Waals surface area contributed by atoms with Crippen LogP contribution < -0.4 is 0 Å². The normalized spacial score (nSPS) is 11.8. The summed E-state index contributed by atoms with van der Waals surface area (Å²) in [5.41, 5.74) is 0. The first-order chi connectivity index (χ1) is 9.46. The number of thiophene rings is 1. The summed E-state index contributed by atoms with van der Waals surface area (Å²) in [7, 11) is -1.20. The van der Waals surface area contributed by atoms with Crippen molar-refractivity contribution in [1.82, 2.24) is 19.5 Å². The molecule has 2 aromatic rings. The third-order valence-electron chi connectivity index (χ3n) is 2.53. The largest absolute Gasteiger partial charge is 0.465 e. The molecule has 0 aromatic carbocycles. The van der Waals surface area contributed by atoms with Crippen molar-refractivity contribution in [3.05, 3.63) is 28.5 Å². The molecular weight excluding hydrogens is 304 g/mol. The molecule has 0 aliphatic rings. The van der Waals surface area contributed by atoms with Gasteiger partial charge in [0.05, 0.1) is 13.7 Å². The van der Waals surface area contributed by atoms with Crippen LogP contribution in [0.3, 0.4) is 0 Å². The summed E-state index contributed by atoms with van der Waals surface area (Å²) in [5.74, 6) is -0.266. The Morgan fingerprint density at radius 3 is 2.90 bits per heavy atom. The molecule has 0 unspecified atom stereocenters. The lowest BCUT2D eigenvalue weighted by molar-refractivity contribution is 0.0602. The summed E-state index contributed by atoms with van der Waals surface area (Å²) in [5, 5.41) is 7.76. The molecule has 2 aromatic heterocycles. The summed E-state index contributed by atoms with van der Waals surface area (Å²) in [6.07, 6.45) is 1.29. The number of ether oxygens (including phenoxy) is 1. The van der Waals surface area contributed by atoms with E-state index in [-0.39, 0.29) is 16.3 Å². The van der Waals surface area contributed by atoms with Gasteiger partial charge in [0.25, 0.3) is 0 Å². The van der Waals surface area contributed by atoms with Gasteiger partial charge in [0.2, 0.25) is 10.0 Å². The van der Waals surface area contributed by atoms with Crippen LogP contribution in [0, 0.1) is 0 Å². The fraction of sp³-hybridized carbons (Fsp3) is 0.300. The average Bonchev–Trinajstić information content (AvgIpc) is 3.08. The zero-order valence-electron chi connectivity index (χ0n) is 10.7. The Balaban J connectivity index is 2.30. The maximum absolute atomic E-state index is 12.4. The minimum absolute atomic E-state index is 0.0266. The van der Waals surface area contributed by atoms with E-state index in [0.717, 1.165) is 15.6 Å². The van der Waals surface area contributed by atoms with Gasteiger partial charge in [-0.1, -0.05) is 0 Å². The third-order valence-corrected chi connectivity index (χ3v) is 5.39. The second kappa shape index (κ2) is 5.69. The van der Waals surface area contributed by atoms with Gasteiger partial charge in [-0.05, 0) is 11.4 Å². The van der Waals surface area contributed by atoms with Crippen LogP contribution in [0.1, 0.15) is 15.5 Å². The lowest BCUT2D eigenvalue weighted by Gasteiger charge is -2.15. The smallest absolute Gasteiger partial charge is 0.349 e. The predicted molar refractivity (Wildman–Crippen MR) is 70.7 cm³/mol. The number of esters is 1. The Morgan fingerprint density at radius 1 is 1.55 bits per heavy atom. The molecule has 0 radical (unpaired) electrons. The zero-order chi connectivity index (χ0) is 14.8. The van der Waals surface area contributed by atoms with E-state index in [0.29, 0.717) is 5.82 Å². The van der Waals surface area contributed by atoms with Gasteiger partial charge < -0.3 is 4.74 Å². The number of hydrogen-bond acceptors (Lipinski definition) is 7. The molecule has 1 N–H and O–H groups in total. The van der Waals surface area contributed by atoms with E-state index < -0.39 is 16.0 Å². The van der Waals surface area contributed by atoms with E-state index in [1.54, 1.807) is 0 Å². The van der Waals surface area contributed by atoms with Crippen molar-refractivity contribution < 1.29 is 17.9 Å². The molecule has 0 bridgehead atoms. The number of nitrogens with one attached hydrogen (secondary N) is 1. The highest BCUT2D eigenvalue weighted by molar-refractivity contribution is 7.89. The van der Waals surface area contributed by atoms with Crippen LogP contribution in [0.2, 0.25) is 0 Å². The summed E-state index contributed by atoms with van der Waals surface area (Å²) in [6, 6.07) is 1.38. The minimum atomic E-state index is -3.80. The van der Waals surface area contributed by atoms with Crippen molar-refractivity contribution in [2.75, 3.05) is 14.2 Å². The van der Waals surface area contributed by atoms with Crippen molar-refractivity contribution in [3.63, 3.8) is 0 Å². The lowest BCUT2D eigenvalue weighted by Crippen LogP contribution is -2.28. The number of carbonyl (C=O) groups excluding carboxylic acids is 1. The Bertz CT molecular complexity index is 693. The number of rotatable bonds is 5. The summed E-state index contributed by atoms with van der Waals surface area (Å²) in [6.45, 7) is 0.0266. The average molecular weight is 316 g/mol. The molecule has 10 heteroatoms. The second-order valence-corrected chi connectivity index (χ2v) is 6.73. The first kappa shape index (κ1) is 14.6. The number of sulfonamides is 1. The van der Waals surface area contributed by atoms with Gasteiger partial charge in [0.1, 0.15) is 21.9 Å². The first-order valence-corrected chi connectivity index (χ1v) is 7.75. The lowest BCUT2D eigenvalue weighted by atomic mass is 10.5. The molecule has 0 saturated carbocycles. The first-order valence-electron chi connectivity index (χ1n) is 5.43. The van der Waals surface area contributed by atoms with Crippen molar-refractivity contribution in [2.45, 2.75) is 11.4 Å². The molecule has 2 rings (SSSR count). The molecule has 2 heterocycles. The highest BCUT2D eigenvalue weighted by Crippen LogP contribution is 2.25. The van der Waals surface area contributed by atoms with Gasteiger partial charge in [-0.15, -0.1) is 11.3 Å². The van der Waals surface area contributed by atoms with Crippen LogP contribution in [0.15, 0.2) is 22.7 Å². The molecule has 0 aliphatic heterocycles. The van der Waals surface area contributed by atoms with Crippen molar-refractivity contribution in [2.24, 2.45) is 0 Å². The standard InChI is InChI=1S/C10H12N4O4S2/c1-14(5-8-11-6-12-13-8)20(16,17)7-3-4-19-9(7)10(15)18-2/h3-4,6H,5H2,1-2H3,(H,11,12,13). The number of hydrogen-bond donors (Lipinski definition) is 1. The van der Waals surface area contributed by atoms with Crippen LogP contribution in [0.5, 0.6) is 0 Å². The Labute approximate surface area is 119 Å². The highest BCUT2D eigenvalue weighted by atomic mass is 32.2. The summed E-state index contributed by atoms with van der Waals surface area (Å²) < 4.78 is 30.5. The van der Waals surface area contributed by atoms with Crippen LogP contribution in [-0.2, 0) is 21.3 Å². The quantitative estimate of drug-likeness (QED) is 0.804. The fourth-order valence-corrected chi connectivity index (χ4v) is 3.95. The summed E-state index contributed by atoms with van der Waals surface area (Å²) >= 11 is 1.02. The molecule has 0 spiro atoms. The fourth-order valence-electron chi connectivity index (χ4n) is 1.51. The molecule has 0 amide bonds. The number of methoxy groups -OCH3 is 1. The number of aromatic nitrogens is 3. The van der Waals surface area contributed by atoms with Gasteiger partial charge in [0, 0.05) is 7.05 Å². The van der Waals surface area contributed by atoms with E-state index in [1.807, 2.05) is 0 Å². The van der Waals surface area contributed by atoms with Crippen LogP contribution in [-0.4, -0.2) is 48.0 Å². The van der Waals surface area contributed by atoms with Crippen LogP contribution in [0.25, 0.3) is 0 Å². The van der Waals surface area contributed by atoms with Crippen molar-refractivity contribution >= 4 is 27.3 Å². The van der Waals surface area contributed by atoms with Gasteiger partial charge >= 0.3 is 5.97 Å². The number of H-pyrrole nitrogens is 1. The number of aromatic amines is 1. The Hall–Kier alpha value is -1.78. The molecule has 0 aliphatic carbocycles. The Kier molecular flexibility index (Phi) is 4.16. The van der Waals surface area contributed by atoms with Crippen LogP contribution >= 0.6 is 11.3 Å². The van der Waals surface area contributed by atoms with E-state index in [1.165, 1.54) is 31.9 Å². The number of nitrogens with zero attached hydrogens (tertiary/aromatic N) is 3. The predicted octanol–water partition coefficient (Wildman–Crippen LogP) is 0.474. The van der Waals surface area contributed by atoms with Gasteiger partial charge in [0.15, 0.2) is 0 Å². The van der Waals surface area contributed by atoms with E-state index in [4.69, 9.17) is 0 Å². The monoisotopic (exact) mass is 316 g/mol. The molecule has 20 heavy (non-hydrogen) atoms. The zero-order valence-corrected chi connectivity index (χ0v) is 12.4. The second-order valence-electron chi connectivity index (χ2n) is 3.80. The SMILES string of the molecule is COC(=O)c1sccc1S(=O)(=O)N(C)Cc1ncn[nH]1. The maximum Gasteiger partial charge on any atom is 0.349 e.